The van der Waals surface area contributed by atoms with Crippen molar-refractivity contribution in [2.24, 2.45) is 0 Å². The van der Waals surface area contributed by atoms with E-state index in [4.69, 9.17) is 9.47 Å². The van der Waals surface area contributed by atoms with Gasteiger partial charge in [0.2, 0.25) is 0 Å². The van der Waals surface area contributed by atoms with Crippen molar-refractivity contribution in [2.45, 2.75) is 207 Å². The maximum atomic E-state index is 12.8. The summed E-state index contributed by atoms with van der Waals surface area (Å²) in [6.07, 6.45) is 32.3. The van der Waals surface area contributed by atoms with E-state index in [1.165, 1.54) is 103 Å². The third kappa shape index (κ3) is 33.1. The molecule has 8 heteroatoms. The number of hydrogen-bond acceptors (Lipinski definition) is 6. The second-order valence-corrected chi connectivity index (χ2v) is 15.3. The zero-order valence-electron chi connectivity index (χ0n) is 35.3. The molecule has 52 heavy (non-hydrogen) atoms. The Balaban J connectivity index is 4.20. The van der Waals surface area contributed by atoms with Crippen LogP contribution in [0.25, 0.3) is 0 Å². The minimum Gasteiger partial charge on any atom is -0.449 e. The van der Waals surface area contributed by atoms with E-state index in [0.717, 1.165) is 116 Å². The Bertz CT molecular complexity index is 697. The zero-order chi connectivity index (χ0) is 38.2. The van der Waals surface area contributed by atoms with Gasteiger partial charge in [-0.3, -0.25) is 0 Å². The minimum absolute atomic E-state index is 0.124. The summed E-state index contributed by atoms with van der Waals surface area (Å²) in [6, 6.07) is 0. The highest BCUT2D eigenvalue weighted by Crippen LogP contribution is 2.12. The lowest BCUT2D eigenvalue weighted by atomic mass is 10.1. The van der Waals surface area contributed by atoms with Crippen LogP contribution in [0.2, 0.25) is 0 Å². The highest BCUT2D eigenvalue weighted by molar-refractivity contribution is 5.67. The first-order chi connectivity index (χ1) is 25.5. The Kier molecular flexibility index (Phi) is 39.4. The number of nitrogens with zero attached hydrogens (tertiary/aromatic N) is 3. The van der Waals surface area contributed by atoms with Crippen LogP contribution in [0.4, 0.5) is 9.59 Å². The lowest BCUT2D eigenvalue weighted by molar-refractivity contribution is 0.0983. The van der Waals surface area contributed by atoms with Crippen LogP contribution in [0.15, 0.2) is 0 Å². The van der Waals surface area contributed by atoms with Crippen molar-refractivity contribution in [3.05, 3.63) is 0 Å². The van der Waals surface area contributed by atoms with Crippen molar-refractivity contribution >= 4 is 12.2 Å². The summed E-state index contributed by atoms with van der Waals surface area (Å²) in [4.78, 5) is 32.0. The average molecular weight is 740 g/mol. The van der Waals surface area contributed by atoms with E-state index in [9.17, 15) is 14.7 Å². The first-order valence-corrected chi connectivity index (χ1v) is 22.7. The number of ether oxygens (including phenoxy) is 2. The molecule has 0 radical (unpaired) electrons. The van der Waals surface area contributed by atoms with Crippen LogP contribution in [0.5, 0.6) is 0 Å². The van der Waals surface area contributed by atoms with Crippen molar-refractivity contribution in [1.82, 2.24) is 14.7 Å². The number of carbonyl (C=O) groups is 2. The van der Waals surface area contributed by atoms with Crippen molar-refractivity contribution in [3.63, 3.8) is 0 Å². The van der Waals surface area contributed by atoms with Gasteiger partial charge in [-0.05, 0) is 64.5 Å². The molecule has 0 saturated carbocycles. The summed E-state index contributed by atoms with van der Waals surface area (Å²) >= 11 is 0. The summed E-state index contributed by atoms with van der Waals surface area (Å²) in [5, 5.41) is 9.60. The smallest absolute Gasteiger partial charge is 0.409 e. The van der Waals surface area contributed by atoms with Gasteiger partial charge in [0.25, 0.3) is 0 Å². The largest absolute Gasteiger partial charge is 0.449 e. The molecule has 2 amide bonds. The molecule has 0 unspecified atom stereocenters. The molecule has 0 atom stereocenters. The van der Waals surface area contributed by atoms with Crippen LogP contribution < -0.4 is 0 Å². The van der Waals surface area contributed by atoms with Gasteiger partial charge < -0.3 is 29.3 Å². The highest BCUT2D eigenvalue weighted by Gasteiger charge is 2.15. The predicted molar refractivity (Wildman–Crippen MR) is 221 cm³/mol. The highest BCUT2D eigenvalue weighted by atomic mass is 16.6. The van der Waals surface area contributed by atoms with E-state index in [2.05, 4.69) is 32.6 Å². The molecule has 8 nitrogen and oxygen atoms in total. The molecule has 0 aromatic heterocycles. The second kappa shape index (κ2) is 40.6. The maximum Gasteiger partial charge on any atom is 0.409 e. The zero-order valence-corrected chi connectivity index (χ0v) is 35.3. The number of aliphatic hydroxyl groups is 1. The summed E-state index contributed by atoms with van der Waals surface area (Å²) in [7, 11) is 0. The number of unbranched alkanes of at least 4 members (excludes halogenated alkanes) is 22. The molecular formula is C44H89N3O5. The second-order valence-electron chi connectivity index (χ2n) is 15.3. The maximum absolute atomic E-state index is 12.8. The fourth-order valence-corrected chi connectivity index (χ4v) is 6.77. The number of aliphatic hydroxyl groups excluding tert-OH is 1. The Morgan fingerprint density at radius 2 is 0.635 bits per heavy atom. The van der Waals surface area contributed by atoms with Gasteiger partial charge >= 0.3 is 12.2 Å². The average Bonchev–Trinajstić information content (AvgIpc) is 3.14. The van der Waals surface area contributed by atoms with Gasteiger partial charge in [0.05, 0.1) is 19.8 Å². The van der Waals surface area contributed by atoms with Gasteiger partial charge in [0, 0.05) is 32.7 Å². The van der Waals surface area contributed by atoms with Crippen molar-refractivity contribution in [3.8, 4) is 0 Å². The Morgan fingerprint density at radius 1 is 0.365 bits per heavy atom. The molecule has 0 saturated heterocycles. The normalized spacial score (nSPS) is 11.3. The Labute approximate surface area is 323 Å². The van der Waals surface area contributed by atoms with Crippen LogP contribution in [-0.4, -0.2) is 97.6 Å². The van der Waals surface area contributed by atoms with Gasteiger partial charge in [-0.25, -0.2) is 9.59 Å². The SMILES string of the molecule is CCCCCCCCN(CCCCCC)C(=O)OCCCCCCN(CCO)CCCCCCOC(=O)N(CCCCCC)CCCCCCCC. The fourth-order valence-electron chi connectivity index (χ4n) is 6.77. The van der Waals surface area contributed by atoms with Crippen molar-refractivity contribution in [2.75, 3.05) is 65.6 Å². The van der Waals surface area contributed by atoms with E-state index < -0.39 is 0 Å². The number of amides is 2. The molecule has 0 bridgehead atoms. The third-order valence-electron chi connectivity index (χ3n) is 10.2. The molecule has 0 aromatic carbocycles. The van der Waals surface area contributed by atoms with E-state index in [-0.39, 0.29) is 18.8 Å². The topological polar surface area (TPSA) is 82.5 Å². The van der Waals surface area contributed by atoms with Crippen LogP contribution in [0.3, 0.4) is 0 Å². The quantitative estimate of drug-likeness (QED) is 0.0630. The van der Waals surface area contributed by atoms with Crippen LogP contribution >= 0.6 is 0 Å². The molecule has 0 fully saturated rings. The first kappa shape index (κ1) is 50.5. The predicted octanol–water partition coefficient (Wildman–Crippen LogP) is 12.2. The Hall–Kier alpha value is -1.54. The minimum atomic E-state index is -0.124. The lowest BCUT2D eigenvalue weighted by Crippen LogP contribution is -2.33. The van der Waals surface area contributed by atoms with E-state index >= 15 is 0 Å². The molecular weight excluding hydrogens is 650 g/mol. The molecule has 0 aliphatic carbocycles. The molecule has 0 aromatic rings. The number of hydrogen-bond donors (Lipinski definition) is 1. The van der Waals surface area contributed by atoms with Gasteiger partial charge in [-0.15, -0.1) is 0 Å². The van der Waals surface area contributed by atoms with E-state index in [0.29, 0.717) is 19.8 Å². The summed E-state index contributed by atoms with van der Waals surface area (Å²) in [5.74, 6) is 0. The monoisotopic (exact) mass is 740 g/mol. The standard InChI is InChI=1S/C44H89N3O5/c1-5-9-13-17-19-29-37-46(35-27-15-11-7-3)43(49)51-41-31-23-21-25-33-45(39-40-48)34-26-22-24-32-42-52-44(50)47(36-28-16-12-8-4)38-30-20-18-14-10-6-2/h48H,5-42H2,1-4H3. The van der Waals surface area contributed by atoms with Crippen LogP contribution in [0, 0.1) is 0 Å². The summed E-state index contributed by atoms with van der Waals surface area (Å²) in [5.41, 5.74) is 0. The molecule has 0 spiro atoms. The van der Waals surface area contributed by atoms with Crippen LogP contribution in [0.1, 0.15) is 207 Å². The molecule has 1 N–H and O–H groups in total. The third-order valence-corrected chi connectivity index (χ3v) is 10.2. The molecule has 0 heterocycles. The van der Waals surface area contributed by atoms with E-state index in [1.807, 2.05) is 9.80 Å². The number of rotatable bonds is 40. The summed E-state index contributed by atoms with van der Waals surface area (Å²) in [6.45, 7) is 16.1. The van der Waals surface area contributed by atoms with Gasteiger partial charge in [0.1, 0.15) is 0 Å². The number of carbonyl (C=O) groups excluding carboxylic acids is 2. The van der Waals surface area contributed by atoms with Gasteiger partial charge in [0.15, 0.2) is 0 Å². The van der Waals surface area contributed by atoms with Gasteiger partial charge in [-0.2, -0.15) is 0 Å². The molecule has 0 aliphatic rings. The fraction of sp³-hybridized carbons (Fsp3) is 0.955. The van der Waals surface area contributed by atoms with Crippen LogP contribution in [-0.2, 0) is 9.47 Å². The summed E-state index contributed by atoms with van der Waals surface area (Å²) < 4.78 is 11.4. The van der Waals surface area contributed by atoms with Gasteiger partial charge in [-0.1, -0.05) is 156 Å². The van der Waals surface area contributed by atoms with Crippen molar-refractivity contribution in [1.29, 1.82) is 0 Å². The molecule has 0 rings (SSSR count). The van der Waals surface area contributed by atoms with Crippen molar-refractivity contribution < 1.29 is 24.2 Å². The first-order valence-electron chi connectivity index (χ1n) is 22.7. The Morgan fingerprint density at radius 3 is 0.962 bits per heavy atom. The lowest BCUT2D eigenvalue weighted by Gasteiger charge is -2.22. The molecule has 310 valence electrons. The molecule has 0 aliphatic heterocycles. The van der Waals surface area contributed by atoms with E-state index in [1.54, 1.807) is 0 Å².